The number of amides is 1. The van der Waals surface area contributed by atoms with E-state index < -0.39 is 23.4 Å². The number of halogens is 2. The summed E-state index contributed by atoms with van der Waals surface area (Å²) >= 11 is 7.82. The van der Waals surface area contributed by atoms with Crippen molar-refractivity contribution in [2.75, 3.05) is 5.32 Å². The highest BCUT2D eigenvalue weighted by atomic mass is 35.5. The number of anilines is 1. The predicted molar refractivity (Wildman–Crippen MR) is 132 cm³/mol. The van der Waals surface area contributed by atoms with E-state index >= 15 is 0 Å². The summed E-state index contributed by atoms with van der Waals surface area (Å²) in [5.74, 6) is -3.17. The van der Waals surface area contributed by atoms with Crippen molar-refractivity contribution < 1.29 is 14.0 Å². The topological polar surface area (TPSA) is 87.8 Å². The quantitative estimate of drug-likeness (QED) is 0.271. The lowest BCUT2D eigenvalue weighted by atomic mass is 9.97. The number of nitrogens with zero attached hydrogens (tertiary/aromatic N) is 3. The fourth-order valence-electron chi connectivity index (χ4n) is 3.90. The fourth-order valence-corrected chi connectivity index (χ4v) is 5.12. The molecule has 35 heavy (non-hydrogen) atoms. The fraction of sp³-hybridized carbons (Fsp3) is 0.0769. The van der Waals surface area contributed by atoms with E-state index in [1.165, 1.54) is 36.0 Å². The van der Waals surface area contributed by atoms with E-state index in [0.717, 1.165) is 16.1 Å². The SMILES string of the molecule is N#CC(C(=O)Nc1ccc(F)cc1)C(=O)c1nn(-c2ccccc2)c2c1CSc1ccc(Cl)cc1-2. The van der Waals surface area contributed by atoms with Crippen LogP contribution < -0.4 is 5.32 Å². The van der Waals surface area contributed by atoms with Crippen LogP contribution in [-0.2, 0) is 10.5 Å². The number of thioether (sulfide) groups is 1. The van der Waals surface area contributed by atoms with Crippen molar-refractivity contribution in [1.29, 1.82) is 5.26 Å². The van der Waals surface area contributed by atoms with Crippen molar-refractivity contribution in [3.05, 3.63) is 94.9 Å². The number of nitriles is 1. The van der Waals surface area contributed by atoms with Crippen LogP contribution in [0.2, 0.25) is 5.02 Å². The zero-order valence-corrected chi connectivity index (χ0v) is 19.6. The van der Waals surface area contributed by atoms with Gasteiger partial charge in [0.1, 0.15) is 11.5 Å². The molecule has 3 aromatic carbocycles. The molecule has 0 radical (unpaired) electrons. The van der Waals surface area contributed by atoms with Gasteiger partial charge in [-0.2, -0.15) is 10.4 Å². The summed E-state index contributed by atoms with van der Waals surface area (Å²) in [5, 5.41) is 17.4. The monoisotopic (exact) mass is 502 g/mol. The minimum Gasteiger partial charge on any atom is -0.325 e. The summed E-state index contributed by atoms with van der Waals surface area (Å²) in [6, 6.07) is 21.7. The minimum atomic E-state index is -1.63. The van der Waals surface area contributed by atoms with Crippen LogP contribution in [0.25, 0.3) is 16.9 Å². The predicted octanol–water partition coefficient (Wildman–Crippen LogP) is 5.90. The standard InChI is InChI=1S/C26H16ClFN4O2S/c27-15-6-11-22-19(12-15)24-21(14-35-22)23(31-32(24)18-4-2-1-3-5-18)25(33)20(13-29)26(34)30-17-9-7-16(28)8-10-17/h1-12,20H,14H2,(H,30,34). The summed E-state index contributed by atoms with van der Waals surface area (Å²) in [7, 11) is 0. The van der Waals surface area contributed by atoms with Gasteiger partial charge in [0, 0.05) is 32.5 Å². The number of hydrogen-bond acceptors (Lipinski definition) is 5. The van der Waals surface area contributed by atoms with Crippen LogP contribution in [0.15, 0.2) is 77.7 Å². The third-order valence-corrected chi connectivity index (χ3v) is 6.89. The van der Waals surface area contributed by atoms with Gasteiger partial charge in [-0.25, -0.2) is 9.07 Å². The largest absolute Gasteiger partial charge is 0.325 e. The molecule has 0 spiro atoms. The summed E-state index contributed by atoms with van der Waals surface area (Å²) in [6.07, 6.45) is 0. The van der Waals surface area contributed by atoms with Gasteiger partial charge < -0.3 is 5.32 Å². The lowest BCUT2D eigenvalue weighted by Gasteiger charge is -2.18. The highest BCUT2D eigenvalue weighted by molar-refractivity contribution is 7.98. The van der Waals surface area contributed by atoms with Crippen LogP contribution in [0.5, 0.6) is 0 Å². The first-order chi connectivity index (χ1) is 17.0. The van der Waals surface area contributed by atoms with Crippen molar-refractivity contribution in [2.45, 2.75) is 10.6 Å². The van der Waals surface area contributed by atoms with E-state index in [9.17, 15) is 19.2 Å². The minimum absolute atomic E-state index is 0.0581. The molecule has 1 aliphatic rings. The first-order valence-electron chi connectivity index (χ1n) is 10.6. The van der Waals surface area contributed by atoms with Crippen LogP contribution in [0, 0.1) is 23.1 Å². The zero-order valence-electron chi connectivity index (χ0n) is 18.0. The molecule has 1 unspecified atom stereocenters. The van der Waals surface area contributed by atoms with Gasteiger partial charge in [-0.05, 0) is 54.6 Å². The van der Waals surface area contributed by atoms with Gasteiger partial charge in [0.25, 0.3) is 0 Å². The average molecular weight is 503 g/mol. The molecule has 0 saturated carbocycles. The Morgan fingerprint density at radius 1 is 1.11 bits per heavy atom. The summed E-state index contributed by atoms with van der Waals surface area (Å²) in [5.41, 5.74) is 3.22. The van der Waals surface area contributed by atoms with Gasteiger partial charge in [0.15, 0.2) is 5.92 Å². The van der Waals surface area contributed by atoms with Gasteiger partial charge in [0.05, 0.1) is 17.5 Å². The number of carbonyl (C=O) groups is 2. The third-order valence-electron chi connectivity index (χ3n) is 5.55. The lowest BCUT2D eigenvalue weighted by molar-refractivity contribution is -0.117. The zero-order chi connectivity index (χ0) is 24.5. The van der Waals surface area contributed by atoms with Crippen molar-refractivity contribution in [3.8, 4) is 23.0 Å². The average Bonchev–Trinajstić information content (AvgIpc) is 3.26. The molecule has 0 saturated heterocycles. The van der Waals surface area contributed by atoms with Crippen molar-refractivity contribution >= 4 is 40.7 Å². The smallest absolute Gasteiger partial charge is 0.249 e. The van der Waals surface area contributed by atoms with Gasteiger partial charge in [0.2, 0.25) is 11.7 Å². The normalized spacial score (nSPS) is 12.7. The van der Waals surface area contributed by atoms with Crippen molar-refractivity contribution in [2.24, 2.45) is 5.92 Å². The van der Waals surface area contributed by atoms with Crippen LogP contribution in [0.4, 0.5) is 10.1 Å². The summed E-state index contributed by atoms with van der Waals surface area (Å²) in [4.78, 5) is 27.3. The maximum Gasteiger partial charge on any atom is 0.249 e. The molecule has 1 N–H and O–H groups in total. The Balaban J connectivity index is 1.58. The number of benzene rings is 3. The molecule has 0 fully saturated rings. The van der Waals surface area contributed by atoms with E-state index in [1.807, 2.05) is 42.5 Å². The van der Waals surface area contributed by atoms with Crippen LogP contribution in [0.1, 0.15) is 16.1 Å². The molecule has 2 heterocycles. The molecule has 9 heteroatoms. The Morgan fingerprint density at radius 3 is 2.57 bits per heavy atom. The van der Waals surface area contributed by atoms with Gasteiger partial charge in [-0.15, -0.1) is 11.8 Å². The second kappa shape index (κ2) is 9.37. The molecule has 1 aromatic heterocycles. The lowest BCUT2D eigenvalue weighted by Crippen LogP contribution is -2.29. The van der Waals surface area contributed by atoms with Gasteiger partial charge >= 0.3 is 0 Å². The Labute approximate surface area is 209 Å². The number of para-hydroxylation sites is 1. The molecule has 0 bridgehead atoms. The Morgan fingerprint density at radius 2 is 1.86 bits per heavy atom. The molecule has 6 nitrogen and oxygen atoms in total. The molecule has 0 aliphatic carbocycles. The highest BCUT2D eigenvalue weighted by Crippen LogP contribution is 2.45. The third kappa shape index (κ3) is 4.32. The number of nitrogens with one attached hydrogen (secondary N) is 1. The first-order valence-corrected chi connectivity index (χ1v) is 11.9. The number of rotatable bonds is 5. The highest BCUT2D eigenvalue weighted by Gasteiger charge is 2.35. The molecule has 172 valence electrons. The Hall–Kier alpha value is -3.93. The van der Waals surface area contributed by atoms with E-state index in [-0.39, 0.29) is 11.4 Å². The molecular weight excluding hydrogens is 487 g/mol. The second-order valence-corrected chi connectivity index (χ2v) is 9.23. The van der Waals surface area contributed by atoms with Gasteiger partial charge in [-0.3, -0.25) is 9.59 Å². The Bertz CT molecular complexity index is 1500. The summed E-state index contributed by atoms with van der Waals surface area (Å²) < 4.78 is 14.8. The maximum atomic E-state index is 13.5. The molecule has 4 aromatic rings. The number of fused-ring (bicyclic) bond motifs is 3. The summed E-state index contributed by atoms with van der Waals surface area (Å²) in [6.45, 7) is 0. The molecule has 1 aliphatic heterocycles. The number of carbonyl (C=O) groups excluding carboxylic acids is 2. The maximum absolute atomic E-state index is 13.5. The molecule has 5 rings (SSSR count). The number of ketones is 1. The van der Waals surface area contributed by atoms with Crippen LogP contribution in [-0.4, -0.2) is 21.5 Å². The number of Topliss-reactive ketones (excluding diaryl/α,β-unsaturated/α-hetero) is 1. The van der Waals surface area contributed by atoms with Crippen molar-refractivity contribution in [3.63, 3.8) is 0 Å². The number of hydrogen-bond donors (Lipinski definition) is 1. The molecule has 1 amide bonds. The number of aromatic nitrogens is 2. The van der Waals surface area contributed by atoms with E-state index in [0.29, 0.717) is 22.0 Å². The molecule has 1 atom stereocenters. The first kappa shape index (κ1) is 22.8. The van der Waals surface area contributed by atoms with Crippen LogP contribution in [0.3, 0.4) is 0 Å². The van der Waals surface area contributed by atoms with Gasteiger partial charge in [-0.1, -0.05) is 29.8 Å². The Kier molecular flexibility index (Phi) is 6.12. The van der Waals surface area contributed by atoms with Crippen molar-refractivity contribution in [1.82, 2.24) is 9.78 Å². The molecular formula is C26H16ClFN4O2S. The second-order valence-electron chi connectivity index (χ2n) is 7.77. The van der Waals surface area contributed by atoms with E-state index in [2.05, 4.69) is 10.4 Å². The van der Waals surface area contributed by atoms with E-state index in [1.54, 1.807) is 16.8 Å². The van der Waals surface area contributed by atoms with E-state index in [4.69, 9.17) is 11.6 Å². The van der Waals surface area contributed by atoms with Crippen LogP contribution >= 0.6 is 23.4 Å².